The van der Waals surface area contributed by atoms with E-state index in [1.165, 1.54) is 12.1 Å². The molecule has 0 spiro atoms. The Labute approximate surface area is 113 Å². The van der Waals surface area contributed by atoms with Crippen LogP contribution in [0.1, 0.15) is 5.56 Å². The van der Waals surface area contributed by atoms with Crippen molar-refractivity contribution >= 4 is 5.69 Å². The molecule has 1 N–H and O–H groups in total. The van der Waals surface area contributed by atoms with Gasteiger partial charge in [0.2, 0.25) is 0 Å². The summed E-state index contributed by atoms with van der Waals surface area (Å²) < 4.78 is 13.4. The van der Waals surface area contributed by atoms with E-state index in [9.17, 15) is 4.39 Å². The van der Waals surface area contributed by atoms with Crippen molar-refractivity contribution in [3.8, 4) is 6.07 Å². The molecule has 1 aromatic carbocycles. The third-order valence-corrected chi connectivity index (χ3v) is 3.41. The van der Waals surface area contributed by atoms with Crippen molar-refractivity contribution in [3.05, 3.63) is 29.6 Å². The van der Waals surface area contributed by atoms with Crippen molar-refractivity contribution in [3.63, 3.8) is 0 Å². The highest BCUT2D eigenvalue weighted by molar-refractivity contribution is 5.51. The Morgan fingerprint density at radius 2 is 2.11 bits per heavy atom. The van der Waals surface area contributed by atoms with Crippen molar-refractivity contribution in [2.24, 2.45) is 0 Å². The quantitative estimate of drug-likeness (QED) is 0.880. The third-order valence-electron chi connectivity index (χ3n) is 3.41. The van der Waals surface area contributed by atoms with Crippen molar-refractivity contribution in [1.82, 2.24) is 10.2 Å². The molecule has 1 aliphatic rings. The minimum absolute atomic E-state index is 0.358. The molecule has 102 valence electrons. The van der Waals surface area contributed by atoms with Crippen LogP contribution in [0.3, 0.4) is 0 Å². The molecule has 19 heavy (non-hydrogen) atoms. The highest BCUT2D eigenvalue weighted by Gasteiger charge is 2.11. The second-order valence-electron chi connectivity index (χ2n) is 4.82. The number of likely N-dealkylation sites (N-methyl/N-ethyl adjacent to an activating group) is 1. The van der Waals surface area contributed by atoms with Gasteiger partial charge in [-0.2, -0.15) is 5.26 Å². The van der Waals surface area contributed by atoms with Crippen LogP contribution >= 0.6 is 0 Å². The molecule has 0 aliphatic carbocycles. The molecule has 0 amide bonds. The zero-order valence-electron chi connectivity index (χ0n) is 11.2. The third kappa shape index (κ3) is 3.91. The zero-order valence-corrected chi connectivity index (χ0v) is 11.2. The molecule has 0 aromatic heterocycles. The monoisotopic (exact) mass is 262 g/mol. The number of benzene rings is 1. The van der Waals surface area contributed by atoms with Crippen LogP contribution in [0.15, 0.2) is 18.2 Å². The van der Waals surface area contributed by atoms with E-state index in [0.717, 1.165) is 45.0 Å². The fraction of sp³-hybridized carbons (Fsp3) is 0.500. The van der Waals surface area contributed by atoms with Crippen LogP contribution in [0.5, 0.6) is 0 Å². The van der Waals surface area contributed by atoms with E-state index < -0.39 is 0 Å². The standard InChI is InChI=1S/C14H19FN4/c1-18(6-7-19-4-2-17-3-5-19)14-9-12(11-16)8-13(15)10-14/h8-10,17H,2-7H2,1H3. The number of halogens is 1. The van der Waals surface area contributed by atoms with E-state index in [0.29, 0.717) is 5.56 Å². The van der Waals surface area contributed by atoms with Gasteiger partial charge in [0.25, 0.3) is 0 Å². The number of hydrogen-bond acceptors (Lipinski definition) is 4. The molecule has 1 heterocycles. The van der Waals surface area contributed by atoms with Gasteiger partial charge in [-0.25, -0.2) is 4.39 Å². The second-order valence-corrected chi connectivity index (χ2v) is 4.82. The lowest BCUT2D eigenvalue weighted by Gasteiger charge is -2.29. The summed E-state index contributed by atoms with van der Waals surface area (Å²) in [5, 5.41) is 12.2. The predicted octanol–water partition coefficient (Wildman–Crippen LogP) is 1.04. The van der Waals surface area contributed by atoms with Gasteiger partial charge in [-0.15, -0.1) is 0 Å². The van der Waals surface area contributed by atoms with E-state index >= 15 is 0 Å². The van der Waals surface area contributed by atoms with E-state index in [1.807, 2.05) is 18.0 Å². The molecule has 0 unspecified atom stereocenters. The normalized spacial score (nSPS) is 16.1. The van der Waals surface area contributed by atoms with Gasteiger partial charge in [0.05, 0.1) is 11.6 Å². The minimum Gasteiger partial charge on any atom is -0.373 e. The van der Waals surface area contributed by atoms with Gasteiger partial charge in [0.1, 0.15) is 5.82 Å². The van der Waals surface area contributed by atoms with Crippen LogP contribution in [0.25, 0.3) is 0 Å². The highest BCUT2D eigenvalue weighted by atomic mass is 19.1. The lowest BCUT2D eigenvalue weighted by atomic mass is 10.2. The topological polar surface area (TPSA) is 42.3 Å². The van der Waals surface area contributed by atoms with Crippen molar-refractivity contribution in [2.75, 3.05) is 51.2 Å². The SMILES string of the molecule is CN(CCN1CCNCC1)c1cc(F)cc(C#N)c1. The molecule has 4 nitrogen and oxygen atoms in total. The number of nitrogens with zero attached hydrogens (tertiary/aromatic N) is 3. The lowest BCUT2D eigenvalue weighted by molar-refractivity contribution is 0.246. The predicted molar refractivity (Wildman–Crippen MR) is 73.7 cm³/mol. The van der Waals surface area contributed by atoms with Gasteiger partial charge in [-0.3, -0.25) is 4.90 Å². The summed E-state index contributed by atoms with van der Waals surface area (Å²) in [7, 11) is 1.93. The molecule has 1 aromatic rings. The number of piperazine rings is 1. The average molecular weight is 262 g/mol. The maximum absolute atomic E-state index is 13.4. The fourth-order valence-corrected chi connectivity index (χ4v) is 2.21. The molecule has 0 atom stereocenters. The number of rotatable bonds is 4. The van der Waals surface area contributed by atoms with Crippen LogP contribution < -0.4 is 10.2 Å². The Kier molecular flexibility index (Phi) is 4.72. The summed E-state index contributed by atoms with van der Waals surface area (Å²) in [6.07, 6.45) is 0. The number of anilines is 1. The van der Waals surface area contributed by atoms with E-state index in [2.05, 4.69) is 10.2 Å². The maximum atomic E-state index is 13.4. The highest BCUT2D eigenvalue weighted by Crippen LogP contribution is 2.17. The van der Waals surface area contributed by atoms with Gasteiger partial charge in [-0.05, 0) is 18.2 Å². The van der Waals surface area contributed by atoms with E-state index in [-0.39, 0.29) is 5.82 Å². The number of nitrogens with one attached hydrogen (secondary N) is 1. The molecule has 0 saturated carbocycles. The molecule has 1 aliphatic heterocycles. The summed E-state index contributed by atoms with van der Waals surface area (Å²) >= 11 is 0. The van der Waals surface area contributed by atoms with E-state index in [1.54, 1.807) is 6.07 Å². The first-order chi connectivity index (χ1) is 9.19. The summed E-state index contributed by atoms with van der Waals surface area (Å²) in [6.45, 7) is 5.95. The van der Waals surface area contributed by atoms with Crippen LogP contribution in [-0.2, 0) is 0 Å². The molecule has 5 heteroatoms. The zero-order chi connectivity index (χ0) is 13.7. The van der Waals surface area contributed by atoms with Crippen LogP contribution in [0.4, 0.5) is 10.1 Å². The van der Waals surface area contributed by atoms with Gasteiger partial charge < -0.3 is 10.2 Å². The van der Waals surface area contributed by atoms with Gasteiger partial charge in [0, 0.05) is 52.0 Å². The maximum Gasteiger partial charge on any atom is 0.126 e. The Morgan fingerprint density at radius 3 is 2.79 bits per heavy atom. The second kappa shape index (κ2) is 6.50. The lowest BCUT2D eigenvalue weighted by Crippen LogP contribution is -2.46. The molecular formula is C14H19FN4. The summed E-state index contributed by atoms with van der Waals surface area (Å²) in [4.78, 5) is 4.38. The largest absolute Gasteiger partial charge is 0.373 e. The van der Waals surface area contributed by atoms with Crippen molar-refractivity contribution in [1.29, 1.82) is 5.26 Å². The van der Waals surface area contributed by atoms with Crippen LogP contribution in [0.2, 0.25) is 0 Å². The van der Waals surface area contributed by atoms with Gasteiger partial charge in [-0.1, -0.05) is 0 Å². The summed E-state index contributed by atoms with van der Waals surface area (Å²) in [5.74, 6) is -0.358. The first kappa shape index (κ1) is 13.8. The first-order valence-corrected chi connectivity index (χ1v) is 6.54. The number of hydrogen-bond donors (Lipinski definition) is 1. The van der Waals surface area contributed by atoms with Crippen molar-refractivity contribution < 1.29 is 4.39 Å². The van der Waals surface area contributed by atoms with Crippen LogP contribution in [0, 0.1) is 17.1 Å². The molecule has 1 fully saturated rings. The minimum atomic E-state index is -0.358. The molecule has 0 bridgehead atoms. The molecule has 2 rings (SSSR count). The van der Waals surface area contributed by atoms with Gasteiger partial charge in [0.15, 0.2) is 0 Å². The Balaban J connectivity index is 1.93. The Hall–Kier alpha value is -1.64. The summed E-state index contributed by atoms with van der Waals surface area (Å²) in [5.41, 5.74) is 1.12. The van der Waals surface area contributed by atoms with Crippen molar-refractivity contribution in [2.45, 2.75) is 0 Å². The molecule has 1 saturated heterocycles. The Bertz CT molecular complexity index is 463. The average Bonchev–Trinajstić information content (AvgIpc) is 2.45. The van der Waals surface area contributed by atoms with Crippen LogP contribution in [-0.4, -0.2) is 51.2 Å². The van der Waals surface area contributed by atoms with E-state index in [4.69, 9.17) is 5.26 Å². The molecule has 0 radical (unpaired) electrons. The van der Waals surface area contributed by atoms with Gasteiger partial charge >= 0.3 is 0 Å². The number of nitriles is 1. The summed E-state index contributed by atoms with van der Waals surface area (Å²) in [6, 6.07) is 6.43. The smallest absolute Gasteiger partial charge is 0.126 e. The fourth-order valence-electron chi connectivity index (χ4n) is 2.21. The first-order valence-electron chi connectivity index (χ1n) is 6.54. The molecular weight excluding hydrogens is 243 g/mol. The Morgan fingerprint density at radius 1 is 1.37 bits per heavy atom.